The Morgan fingerprint density at radius 1 is 1.47 bits per heavy atom. The molecule has 0 aromatic carbocycles. The van der Waals surface area contributed by atoms with Crippen molar-refractivity contribution < 1.29 is 14.3 Å². The topological polar surface area (TPSA) is 69.4 Å². The molecule has 86 valence electrons. The first kappa shape index (κ1) is 13.8. The van der Waals surface area contributed by atoms with Crippen LogP contribution in [0.25, 0.3) is 0 Å². The quantitative estimate of drug-likeness (QED) is 0.423. The third kappa shape index (κ3) is 6.85. The normalized spacial score (nSPS) is 13.1. The zero-order valence-electron chi connectivity index (χ0n) is 9.58. The van der Waals surface area contributed by atoms with Crippen LogP contribution in [0.15, 0.2) is 12.7 Å². The fraction of sp³-hybridized carbons (Fsp3) is 0.636. The van der Waals surface area contributed by atoms with Crippen LogP contribution in [0.1, 0.15) is 33.6 Å². The molecule has 0 saturated carbocycles. The van der Waals surface area contributed by atoms with Gasteiger partial charge in [0, 0.05) is 12.5 Å². The number of Topliss-reactive ketones (excluding diaryl/α,β-unsaturated/α-hetero) is 1. The summed E-state index contributed by atoms with van der Waals surface area (Å²) in [6, 6.07) is -0.359. The number of rotatable bonds is 5. The lowest BCUT2D eigenvalue weighted by atomic mass is 10.1. The van der Waals surface area contributed by atoms with Crippen molar-refractivity contribution in [1.29, 1.82) is 0 Å². The number of hydrogen-bond acceptors (Lipinski definition) is 4. The summed E-state index contributed by atoms with van der Waals surface area (Å²) in [5.74, 6) is -1.40. The number of esters is 1. The van der Waals surface area contributed by atoms with Crippen LogP contribution in [0, 0.1) is 0 Å². The molecule has 4 nitrogen and oxygen atoms in total. The molecule has 4 heteroatoms. The summed E-state index contributed by atoms with van der Waals surface area (Å²) in [4.78, 5) is 22.6. The lowest BCUT2D eigenvalue weighted by Gasteiger charge is -2.19. The molecule has 0 aromatic heterocycles. The van der Waals surface area contributed by atoms with Crippen molar-refractivity contribution in [3.05, 3.63) is 12.7 Å². The molecule has 0 bridgehead atoms. The molecule has 0 radical (unpaired) electrons. The van der Waals surface area contributed by atoms with Gasteiger partial charge in [0.1, 0.15) is 5.60 Å². The van der Waals surface area contributed by atoms with E-state index in [0.29, 0.717) is 6.42 Å². The SMILES string of the molecule is C=CCC(N)CC(=O)C(=O)OC(C)(C)C. The van der Waals surface area contributed by atoms with Crippen molar-refractivity contribution in [3.8, 4) is 0 Å². The number of ketones is 1. The van der Waals surface area contributed by atoms with E-state index in [1.807, 2.05) is 0 Å². The van der Waals surface area contributed by atoms with Crippen molar-refractivity contribution >= 4 is 11.8 Å². The highest BCUT2D eigenvalue weighted by Gasteiger charge is 2.23. The summed E-state index contributed by atoms with van der Waals surface area (Å²) >= 11 is 0. The summed E-state index contributed by atoms with van der Waals surface area (Å²) in [5, 5.41) is 0. The lowest BCUT2D eigenvalue weighted by molar-refractivity contribution is -0.162. The van der Waals surface area contributed by atoms with Gasteiger partial charge in [-0.1, -0.05) is 6.08 Å². The van der Waals surface area contributed by atoms with E-state index < -0.39 is 17.4 Å². The van der Waals surface area contributed by atoms with Gasteiger partial charge < -0.3 is 10.5 Å². The molecule has 0 aromatic rings. The van der Waals surface area contributed by atoms with Crippen LogP contribution in [0.4, 0.5) is 0 Å². The van der Waals surface area contributed by atoms with Gasteiger partial charge in [-0.3, -0.25) is 4.79 Å². The smallest absolute Gasteiger partial charge is 0.375 e. The molecule has 2 N–H and O–H groups in total. The van der Waals surface area contributed by atoms with Crippen molar-refractivity contribution in [2.24, 2.45) is 5.73 Å². The Morgan fingerprint density at radius 3 is 2.40 bits per heavy atom. The Kier molecular flexibility index (Phi) is 5.22. The highest BCUT2D eigenvalue weighted by atomic mass is 16.6. The second-order valence-corrected chi connectivity index (χ2v) is 4.41. The minimum Gasteiger partial charge on any atom is -0.454 e. The van der Waals surface area contributed by atoms with E-state index in [1.165, 1.54) is 0 Å². The van der Waals surface area contributed by atoms with Gasteiger partial charge in [-0.25, -0.2) is 4.79 Å². The summed E-state index contributed by atoms with van der Waals surface area (Å²) < 4.78 is 4.91. The average Bonchev–Trinajstić information content (AvgIpc) is 2.00. The maximum atomic E-state index is 11.3. The molecule has 0 aliphatic carbocycles. The van der Waals surface area contributed by atoms with Crippen LogP contribution >= 0.6 is 0 Å². The van der Waals surface area contributed by atoms with Gasteiger partial charge >= 0.3 is 5.97 Å². The van der Waals surface area contributed by atoms with E-state index in [0.717, 1.165) is 0 Å². The van der Waals surface area contributed by atoms with Gasteiger partial charge in [0.15, 0.2) is 0 Å². The number of nitrogens with two attached hydrogens (primary N) is 1. The van der Waals surface area contributed by atoms with E-state index in [1.54, 1.807) is 26.8 Å². The van der Waals surface area contributed by atoms with E-state index in [-0.39, 0.29) is 12.5 Å². The molecule has 0 aliphatic heterocycles. The molecule has 0 amide bonds. The lowest BCUT2D eigenvalue weighted by Crippen LogP contribution is -2.32. The Labute approximate surface area is 90.5 Å². The molecule has 0 fully saturated rings. The maximum Gasteiger partial charge on any atom is 0.375 e. The third-order valence-corrected chi connectivity index (χ3v) is 1.54. The second kappa shape index (κ2) is 5.66. The van der Waals surface area contributed by atoms with E-state index >= 15 is 0 Å². The van der Waals surface area contributed by atoms with Crippen LogP contribution in [0.3, 0.4) is 0 Å². The predicted octanol–water partition coefficient (Wildman–Crippen LogP) is 1.19. The molecule has 0 heterocycles. The first-order valence-electron chi connectivity index (χ1n) is 4.89. The summed E-state index contributed by atoms with van der Waals surface area (Å²) in [5.41, 5.74) is 4.94. The van der Waals surface area contributed by atoms with Crippen molar-refractivity contribution in [2.75, 3.05) is 0 Å². The monoisotopic (exact) mass is 213 g/mol. The summed E-state index contributed by atoms with van der Waals surface area (Å²) in [6.07, 6.45) is 2.13. The Morgan fingerprint density at radius 2 is 2.00 bits per heavy atom. The molecule has 0 saturated heterocycles. The highest BCUT2D eigenvalue weighted by Crippen LogP contribution is 2.08. The number of hydrogen-bond donors (Lipinski definition) is 1. The van der Waals surface area contributed by atoms with Crippen molar-refractivity contribution in [3.63, 3.8) is 0 Å². The van der Waals surface area contributed by atoms with Crippen LogP contribution in [-0.2, 0) is 14.3 Å². The molecular weight excluding hydrogens is 194 g/mol. The molecule has 1 atom stereocenters. The van der Waals surface area contributed by atoms with Gasteiger partial charge in [0.05, 0.1) is 0 Å². The molecule has 0 aliphatic rings. The fourth-order valence-electron chi connectivity index (χ4n) is 0.954. The molecule has 15 heavy (non-hydrogen) atoms. The average molecular weight is 213 g/mol. The van der Waals surface area contributed by atoms with Crippen LogP contribution in [0.2, 0.25) is 0 Å². The van der Waals surface area contributed by atoms with Gasteiger partial charge in [0.2, 0.25) is 5.78 Å². The van der Waals surface area contributed by atoms with E-state index in [4.69, 9.17) is 10.5 Å². The van der Waals surface area contributed by atoms with E-state index in [2.05, 4.69) is 6.58 Å². The summed E-state index contributed by atoms with van der Waals surface area (Å²) in [7, 11) is 0. The first-order valence-corrected chi connectivity index (χ1v) is 4.89. The first-order chi connectivity index (χ1) is 6.76. The number of carbonyl (C=O) groups is 2. The summed E-state index contributed by atoms with van der Waals surface area (Å²) in [6.45, 7) is 8.64. The molecule has 1 unspecified atom stereocenters. The standard InChI is InChI=1S/C11H19NO3/c1-5-6-8(12)7-9(13)10(14)15-11(2,3)4/h5,8H,1,6-7,12H2,2-4H3. The van der Waals surface area contributed by atoms with Gasteiger partial charge in [-0.05, 0) is 27.2 Å². The highest BCUT2D eigenvalue weighted by molar-refractivity contribution is 6.33. The minimum absolute atomic E-state index is 0.000926. The van der Waals surface area contributed by atoms with Gasteiger partial charge in [-0.2, -0.15) is 0 Å². The minimum atomic E-state index is -0.818. The van der Waals surface area contributed by atoms with Gasteiger partial charge in [-0.15, -0.1) is 6.58 Å². The number of carbonyl (C=O) groups excluding carboxylic acids is 2. The van der Waals surface area contributed by atoms with Crippen LogP contribution < -0.4 is 5.73 Å². The predicted molar refractivity (Wildman–Crippen MR) is 58.3 cm³/mol. The fourth-order valence-corrected chi connectivity index (χ4v) is 0.954. The Bertz CT molecular complexity index is 253. The maximum absolute atomic E-state index is 11.3. The van der Waals surface area contributed by atoms with Crippen molar-refractivity contribution in [2.45, 2.75) is 45.3 Å². The Hall–Kier alpha value is -1.16. The molecular formula is C11H19NO3. The van der Waals surface area contributed by atoms with E-state index in [9.17, 15) is 9.59 Å². The van der Waals surface area contributed by atoms with Crippen molar-refractivity contribution in [1.82, 2.24) is 0 Å². The number of ether oxygens (including phenoxy) is 1. The Balaban J connectivity index is 4.11. The second-order valence-electron chi connectivity index (χ2n) is 4.41. The largest absolute Gasteiger partial charge is 0.454 e. The zero-order valence-corrected chi connectivity index (χ0v) is 9.58. The van der Waals surface area contributed by atoms with Gasteiger partial charge in [0.25, 0.3) is 0 Å². The molecule has 0 rings (SSSR count). The van der Waals surface area contributed by atoms with Crippen LogP contribution in [0.5, 0.6) is 0 Å². The third-order valence-electron chi connectivity index (χ3n) is 1.54. The zero-order chi connectivity index (χ0) is 12.1. The molecule has 0 spiro atoms. The van der Waals surface area contributed by atoms with Crippen LogP contribution in [-0.4, -0.2) is 23.4 Å².